The van der Waals surface area contributed by atoms with Crippen molar-refractivity contribution >= 4 is 12.1 Å². The van der Waals surface area contributed by atoms with E-state index in [9.17, 15) is 4.79 Å². The average Bonchev–Trinajstić information content (AvgIpc) is 3.03. The molecule has 1 aliphatic heterocycles. The maximum atomic E-state index is 11.7. The lowest BCUT2D eigenvalue weighted by Gasteiger charge is -2.30. The Morgan fingerprint density at radius 1 is 1.37 bits per heavy atom. The van der Waals surface area contributed by atoms with Gasteiger partial charge in [-0.25, -0.2) is 4.79 Å². The highest BCUT2D eigenvalue weighted by molar-refractivity contribution is 5.95. The zero-order chi connectivity index (χ0) is 19.8. The number of alkyl carbamates (subject to hydrolysis) is 1. The van der Waals surface area contributed by atoms with Crippen LogP contribution in [0.15, 0.2) is 48.5 Å². The summed E-state index contributed by atoms with van der Waals surface area (Å²) < 4.78 is 4.76. The molecule has 0 aliphatic carbocycles. The van der Waals surface area contributed by atoms with Gasteiger partial charge >= 0.3 is 6.09 Å². The Morgan fingerprint density at radius 2 is 2.11 bits per heavy atom. The third-order valence-corrected chi connectivity index (χ3v) is 4.79. The molecule has 1 amide bonds. The SMILES string of the molecule is C=CCc1cccc(C2CN=C(NC(=O)OC)N2CCC(C)C)c1CC=C. The van der Waals surface area contributed by atoms with Crippen LogP contribution < -0.4 is 5.32 Å². The number of hydrogen-bond acceptors (Lipinski definition) is 4. The van der Waals surface area contributed by atoms with E-state index >= 15 is 0 Å². The van der Waals surface area contributed by atoms with Gasteiger partial charge in [0, 0.05) is 6.54 Å². The number of nitrogens with zero attached hydrogens (tertiary/aromatic N) is 2. The third kappa shape index (κ3) is 5.22. The molecule has 1 N–H and O–H groups in total. The summed E-state index contributed by atoms with van der Waals surface area (Å²) in [5.41, 5.74) is 3.78. The number of carbonyl (C=O) groups excluding carboxylic acids is 1. The lowest BCUT2D eigenvalue weighted by molar-refractivity contribution is 0.175. The fourth-order valence-electron chi connectivity index (χ4n) is 3.40. The summed E-state index contributed by atoms with van der Waals surface area (Å²) in [5, 5.41) is 2.77. The van der Waals surface area contributed by atoms with Gasteiger partial charge in [0.2, 0.25) is 5.96 Å². The summed E-state index contributed by atoms with van der Waals surface area (Å²) in [6, 6.07) is 6.49. The molecule has 0 bridgehead atoms. The molecule has 1 heterocycles. The molecule has 1 aromatic rings. The van der Waals surface area contributed by atoms with Crippen LogP contribution in [0.5, 0.6) is 0 Å². The Kier molecular flexibility index (Phi) is 7.65. The summed E-state index contributed by atoms with van der Waals surface area (Å²) in [7, 11) is 1.36. The van der Waals surface area contributed by atoms with E-state index in [1.807, 2.05) is 12.2 Å². The first-order valence-corrected chi connectivity index (χ1v) is 9.50. The van der Waals surface area contributed by atoms with Crippen LogP contribution in [0.1, 0.15) is 43.0 Å². The Morgan fingerprint density at radius 3 is 2.74 bits per heavy atom. The molecular weight excluding hydrogens is 338 g/mol. The van der Waals surface area contributed by atoms with E-state index in [4.69, 9.17) is 4.74 Å². The minimum atomic E-state index is -0.490. The van der Waals surface area contributed by atoms with Gasteiger partial charge in [0.25, 0.3) is 0 Å². The Labute approximate surface area is 162 Å². The fourth-order valence-corrected chi connectivity index (χ4v) is 3.40. The second-order valence-corrected chi connectivity index (χ2v) is 7.14. The summed E-state index contributed by atoms with van der Waals surface area (Å²) in [6.45, 7) is 13.6. The summed E-state index contributed by atoms with van der Waals surface area (Å²) in [4.78, 5) is 18.5. The Balaban J connectivity index is 2.37. The van der Waals surface area contributed by atoms with Crippen molar-refractivity contribution in [2.45, 2.75) is 39.2 Å². The van der Waals surface area contributed by atoms with Crippen molar-refractivity contribution in [1.29, 1.82) is 0 Å². The van der Waals surface area contributed by atoms with Crippen molar-refractivity contribution < 1.29 is 9.53 Å². The molecule has 0 saturated carbocycles. The molecule has 0 spiro atoms. The van der Waals surface area contributed by atoms with Crippen molar-refractivity contribution in [1.82, 2.24) is 10.2 Å². The van der Waals surface area contributed by atoms with Gasteiger partial charge in [-0.2, -0.15) is 0 Å². The molecule has 1 aromatic carbocycles. The quantitative estimate of drug-likeness (QED) is 0.697. The third-order valence-electron chi connectivity index (χ3n) is 4.79. The number of aliphatic imine (C=N–C) groups is 1. The highest BCUT2D eigenvalue weighted by atomic mass is 16.5. The van der Waals surface area contributed by atoms with Gasteiger partial charge < -0.3 is 9.64 Å². The first-order valence-electron chi connectivity index (χ1n) is 9.50. The second kappa shape index (κ2) is 9.95. The van der Waals surface area contributed by atoms with Crippen LogP contribution >= 0.6 is 0 Å². The van der Waals surface area contributed by atoms with Gasteiger partial charge in [-0.15, -0.1) is 13.2 Å². The van der Waals surface area contributed by atoms with Crippen LogP contribution in [0.4, 0.5) is 4.79 Å². The predicted molar refractivity (Wildman–Crippen MR) is 111 cm³/mol. The molecule has 0 radical (unpaired) electrons. The van der Waals surface area contributed by atoms with Gasteiger partial charge in [-0.3, -0.25) is 10.3 Å². The van der Waals surface area contributed by atoms with Crippen molar-refractivity contribution in [3.05, 3.63) is 60.2 Å². The normalized spacial score (nSPS) is 16.2. The van der Waals surface area contributed by atoms with E-state index in [1.54, 1.807) is 0 Å². The number of rotatable bonds is 8. The lowest BCUT2D eigenvalue weighted by Crippen LogP contribution is -2.43. The summed E-state index contributed by atoms with van der Waals surface area (Å²) >= 11 is 0. The largest absolute Gasteiger partial charge is 0.453 e. The number of hydrogen-bond donors (Lipinski definition) is 1. The lowest BCUT2D eigenvalue weighted by atomic mass is 9.91. The molecule has 2 rings (SSSR count). The number of amides is 1. The van der Waals surface area contributed by atoms with Crippen molar-refractivity contribution in [2.75, 3.05) is 20.2 Å². The number of allylic oxidation sites excluding steroid dienone is 2. The van der Waals surface area contributed by atoms with Gasteiger partial charge in [-0.05, 0) is 41.9 Å². The second-order valence-electron chi connectivity index (χ2n) is 7.14. The van der Waals surface area contributed by atoms with E-state index in [0.29, 0.717) is 18.4 Å². The maximum absolute atomic E-state index is 11.7. The molecule has 5 nitrogen and oxygen atoms in total. The zero-order valence-corrected chi connectivity index (χ0v) is 16.7. The number of guanidine groups is 1. The van der Waals surface area contributed by atoms with Crippen LogP contribution in [0.3, 0.4) is 0 Å². The smallest absolute Gasteiger partial charge is 0.413 e. The van der Waals surface area contributed by atoms with E-state index in [1.165, 1.54) is 23.8 Å². The first-order chi connectivity index (χ1) is 13.0. The van der Waals surface area contributed by atoms with Gasteiger partial charge in [0.15, 0.2) is 0 Å². The monoisotopic (exact) mass is 369 g/mol. The van der Waals surface area contributed by atoms with Gasteiger partial charge in [0.05, 0.1) is 19.7 Å². The molecule has 1 atom stereocenters. The molecule has 0 aromatic heterocycles. The highest BCUT2D eigenvalue weighted by Gasteiger charge is 2.31. The molecule has 27 heavy (non-hydrogen) atoms. The zero-order valence-electron chi connectivity index (χ0n) is 16.7. The van der Waals surface area contributed by atoms with Gasteiger partial charge in [-0.1, -0.05) is 44.2 Å². The van der Waals surface area contributed by atoms with Gasteiger partial charge in [0.1, 0.15) is 0 Å². The molecule has 5 heteroatoms. The number of methoxy groups -OCH3 is 1. The number of ether oxygens (including phenoxy) is 1. The number of carbonyl (C=O) groups is 1. The molecule has 1 unspecified atom stereocenters. The summed E-state index contributed by atoms with van der Waals surface area (Å²) in [5.74, 6) is 1.15. The average molecular weight is 370 g/mol. The molecule has 146 valence electrons. The van der Waals surface area contributed by atoms with Crippen LogP contribution in [0.2, 0.25) is 0 Å². The van der Waals surface area contributed by atoms with Crippen LogP contribution in [0.25, 0.3) is 0 Å². The van der Waals surface area contributed by atoms with E-state index in [2.05, 4.69) is 60.4 Å². The number of benzene rings is 1. The Hall–Kier alpha value is -2.56. The van der Waals surface area contributed by atoms with E-state index in [0.717, 1.165) is 25.8 Å². The minimum absolute atomic E-state index is 0.0932. The Bertz CT molecular complexity index is 710. The molecular formula is C22H31N3O2. The number of nitrogens with one attached hydrogen (secondary N) is 1. The molecule has 0 fully saturated rings. The van der Waals surface area contributed by atoms with Crippen molar-refractivity contribution in [3.8, 4) is 0 Å². The van der Waals surface area contributed by atoms with Crippen LogP contribution in [-0.4, -0.2) is 37.2 Å². The van der Waals surface area contributed by atoms with Crippen LogP contribution in [-0.2, 0) is 17.6 Å². The first kappa shape index (κ1) is 20.7. The highest BCUT2D eigenvalue weighted by Crippen LogP contribution is 2.31. The topological polar surface area (TPSA) is 53.9 Å². The van der Waals surface area contributed by atoms with Crippen molar-refractivity contribution in [2.24, 2.45) is 10.9 Å². The molecule has 0 saturated heterocycles. The minimum Gasteiger partial charge on any atom is -0.453 e. The standard InChI is InChI=1S/C22H31N3O2/c1-6-9-17-11-8-12-19(18(17)10-7-2)20-15-23-21(24-22(26)27-5)25(20)14-13-16(3)4/h6-8,11-12,16,20H,1-2,9-10,13-15H2,3-5H3,(H,23,24,26). The van der Waals surface area contributed by atoms with Crippen LogP contribution in [0, 0.1) is 5.92 Å². The molecule has 1 aliphatic rings. The maximum Gasteiger partial charge on any atom is 0.413 e. The fraction of sp³-hybridized carbons (Fsp3) is 0.455. The predicted octanol–water partition coefficient (Wildman–Crippen LogP) is 4.26. The van der Waals surface area contributed by atoms with E-state index in [-0.39, 0.29) is 6.04 Å². The van der Waals surface area contributed by atoms with Crippen molar-refractivity contribution in [3.63, 3.8) is 0 Å². The van der Waals surface area contributed by atoms with E-state index < -0.39 is 6.09 Å². The summed E-state index contributed by atoms with van der Waals surface area (Å²) in [6.07, 6.45) is 6.01.